The number of hydrogen-bond acceptors (Lipinski definition) is 6. The van der Waals surface area contributed by atoms with Crippen molar-refractivity contribution in [1.29, 1.82) is 0 Å². The smallest absolute Gasteiger partial charge is 0.252 e. The highest BCUT2D eigenvalue weighted by atomic mass is 16.5. The lowest BCUT2D eigenvalue weighted by Crippen LogP contribution is -2.65. The fourth-order valence-corrected chi connectivity index (χ4v) is 17.0. The van der Waals surface area contributed by atoms with Crippen molar-refractivity contribution in [2.45, 2.75) is 0 Å². The molecule has 0 spiro atoms. The molecule has 4 aliphatic heterocycles. The minimum absolute atomic E-state index is 0.213. The highest BCUT2D eigenvalue weighted by molar-refractivity contribution is 7.03. The number of ether oxygens (including phenoxy) is 2. The van der Waals surface area contributed by atoms with Crippen molar-refractivity contribution in [3.8, 4) is 34.4 Å². The third kappa shape index (κ3) is 8.37. The van der Waals surface area contributed by atoms with Crippen LogP contribution in [0.25, 0.3) is 55.0 Å². The maximum absolute atomic E-state index is 7.64. The molecule has 4 aliphatic rings. The van der Waals surface area contributed by atoms with E-state index in [1.165, 1.54) is 32.8 Å². The Morgan fingerprint density at radius 2 is 0.510 bits per heavy atom. The van der Waals surface area contributed by atoms with Crippen molar-refractivity contribution >= 4 is 158 Å². The second-order valence-corrected chi connectivity index (χ2v) is 26.3. The van der Waals surface area contributed by atoms with Gasteiger partial charge in [-0.3, -0.25) is 0 Å². The van der Waals surface area contributed by atoms with Gasteiger partial charge in [0.05, 0.1) is 22.1 Å². The van der Waals surface area contributed by atoms with E-state index < -0.39 is 0 Å². The van der Waals surface area contributed by atoms with E-state index in [0.29, 0.717) is 11.5 Å². The number of aromatic nitrogens is 2. The molecule has 0 aliphatic carbocycles. The van der Waals surface area contributed by atoms with Gasteiger partial charge in [0.1, 0.15) is 11.5 Å². The monoisotopic (exact) mass is 1280 g/mol. The second kappa shape index (κ2) is 22.2. The van der Waals surface area contributed by atoms with E-state index in [-0.39, 0.29) is 13.4 Å². The molecule has 100 heavy (non-hydrogen) atoms. The number of hydrogen-bond donors (Lipinski definition) is 0. The zero-order valence-corrected chi connectivity index (χ0v) is 54.1. The zero-order valence-electron chi connectivity index (χ0n) is 54.1. The standard InChI is InChI=1S/C90H58B2N6O2/c1-7-29-59(30-8-1)93-77-49-25-21-45-71(77)91-73-57-74-80(58-79(73)95(61-33-11-3-12-34-61)83-55-65(53-81(93)87(83)91)99-85-51-27-43-69-67-41-19-23-47-75(67)97(89(69)85)63-37-15-5-16-38-63)96(62-35-13-4-14-36-62)84-56-66(54-82-88(84)92(74)72-46-22-26-50-78(72)94(82)60-31-9-2-10-32-60)100-86-52-28-44-70-68-42-20-24-48-76(68)98(90(70)86)64-39-17-6-18-40-64/h1-58H. The van der Waals surface area contributed by atoms with Gasteiger partial charge in [-0.2, -0.15) is 0 Å². The van der Waals surface area contributed by atoms with Crippen LogP contribution in [-0.2, 0) is 0 Å². The van der Waals surface area contributed by atoms with Gasteiger partial charge in [-0.1, -0.05) is 212 Å². The summed E-state index contributed by atoms with van der Waals surface area (Å²) in [7, 11) is 0. The minimum Gasteiger partial charge on any atom is -0.455 e. The van der Waals surface area contributed by atoms with Crippen LogP contribution in [0.4, 0.5) is 68.2 Å². The lowest BCUT2D eigenvalue weighted by atomic mass is 9.30. The Morgan fingerprint density at radius 3 is 0.880 bits per heavy atom. The molecule has 8 nitrogen and oxygen atoms in total. The first-order valence-electron chi connectivity index (χ1n) is 34.3. The topological polar surface area (TPSA) is 41.3 Å². The van der Waals surface area contributed by atoms with Crippen molar-refractivity contribution in [3.63, 3.8) is 0 Å². The van der Waals surface area contributed by atoms with E-state index in [0.717, 1.165) is 135 Å². The van der Waals surface area contributed by atoms with Crippen LogP contribution in [0.1, 0.15) is 0 Å². The maximum atomic E-state index is 7.64. The van der Waals surface area contributed by atoms with Gasteiger partial charge in [0.25, 0.3) is 13.4 Å². The molecule has 466 valence electrons. The molecular formula is C90H58B2N6O2. The Morgan fingerprint density at radius 1 is 0.210 bits per heavy atom. The molecule has 0 saturated carbocycles. The van der Waals surface area contributed by atoms with Crippen molar-refractivity contribution < 1.29 is 9.47 Å². The molecule has 0 fully saturated rings. The van der Waals surface area contributed by atoms with Crippen LogP contribution in [0.15, 0.2) is 352 Å². The van der Waals surface area contributed by atoms with Gasteiger partial charge in [0, 0.05) is 125 Å². The van der Waals surface area contributed by atoms with Crippen LogP contribution in [0, 0.1) is 0 Å². The molecule has 21 rings (SSSR count). The summed E-state index contributed by atoms with van der Waals surface area (Å²) < 4.78 is 20.0. The van der Waals surface area contributed by atoms with E-state index >= 15 is 0 Å². The van der Waals surface area contributed by atoms with Gasteiger partial charge < -0.3 is 38.2 Å². The molecule has 2 aromatic heterocycles. The first kappa shape index (κ1) is 56.0. The fourth-order valence-electron chi connectivity index (χ4n) is 17.0. The van der Waals surface area contributed by atoms with Crippen LogP contribution in [0.5, 0.6) is 23.0 Å². The number of para-hydroxylation sites is 12. The van der Waals surface area contributed by atoms with E-state index in [1.807, 2.05) is 0 Å². The number of rotatable bonds is 10. The predicted molar refractivity (Wildman–Crippen MR) is 416 cm³/mol. The first-order valence-corrected chi connectivity index (χ1v) is 34.3. The third-order valence-electron chi connectivity index (χ3n) is 20.9. The van der Waals surface area contributed by atoms with Gasteiger partial charge in [-0.05, 0) is 148 Å². The largest absolute Gasteiger partial charge is 0.455 e. The quantitative estimate of drug-likeness (QED) is 0.127. The average Bonchev–Trinajstić information content (AvgIpc) is 0.954. The summed E-state index contributed by atoms with van der Waals surface area (Å²) in [4.78, 5) is 9.95. The van der Waals surface area contributed by atoms with Gasteiger partial charge in [-0.15, -0.1) is 0 Å². The summed E-state index contributed by atoms with van der Waals surface area (Å²) in [5.74, 6) is 2.95. The number of fused-ring (bicyclic) bond motifs is 14. The van der Waals surface area contributed by atoms with Crippen LogP contribution in [0.3, 0.4) is 0 Å². The highest BCUT2D eigenvalue weighted by Gasteiger charge is 2.49. The molecule has 10 heteroatoms. The molecule has 0 N–H and O–H groups in total. The van der Waals surface area contributed by atoms with E-state index in [9.17, 15) is 0 Å². The number of anilines is 12. The van der Waals surface area contributed by atoms with Crippen molar-refractivity contribution in [2.24, 2.45) is 0 Å². The average molecular weight is 1280 g/mol. The Kier molecular flexibility index (Phi) is 12.4. The SMILES string of the molecule is c1ccc(N2c3ccccc3B3c4cc5c(cc4N(c4ccccc4)c4cc(Oc6cccc7c8ccccc8n(-c8ccccc8)c67)cc2c43)N(c2ccccc2)c2cc(Oc3cccc4c6ccccc6n(-c6ccccc6)c34)cc3c2B5c2ccccc2N3c2ccccc2)cc1. The van der Waals surface area contributed by atoms with Crippen LogP contribution in [-0.4, -0.2) is 22.6 Å². The summed E-state index contributed by atoms with van der Waals surface area (Å²) in [6.07, 6.45) is 0. The normalized spacial score (nSPS) is 13.1. The molecule has 0 atom stereocenters. The predicted octanol–water partition coefficient (Wildman–Crippen LogP) is 19.6. The summed E-state index contributed by atoms with van der Waals surface area (Å²) in [5, 5.41) is 4.56. The molecule has 0 bridgehead atoms. The highest BCUT2D eigenvalue weighted by Crippen LogP contribution is 2.52. The Bertz CT molecular complexity index is 5780. The zero-order chi connectivity index (χ0) is 65.5. The molecule has 15 aromatic carbocycles. The fraction of sp³-hybridized carbons (Fsp3) is 0. The molecular weight excluding hydrogens is 1220 g/mol. The summed E-state index contributed by atoms with van der Waals surface area (Å²) >= 11 is 0. The van der Waals surface area contributed by atoms with Gasteiger partial charge >= 0.3 is 0 Å². The Hall–Kier alpha value is -13.2. The maximum Gasteiger partial charge on any atom is 0.252 e. The molecule has 6 heterocycles. The third-order valence-corrected chi connectivity index (χ3v) is 20.9. The van der Waals surface area contributed by atoms with Crippen molar-refractivity contribution in [2.75, 3.05) is 19.6 Å². The summed E-state index contributed by atoms with van der Waals surface area (Å²) in [5.41, 5.74) is 26.4. The molecule has 0 radical (unpaired) electrons. The lowest BCUT2D eigenvalue weighted by Gasteiger charge is -2.47. The number of nitrogens with zero attached hydrogens (tertiary/aromatic N) is 6. The van der Waals surface area contributed by atoms with Crippen molar-refractivity contribution in [3.05, 3.63) is 352 Å². The molecule has 0 saturated heterocycles. The van der Waals surface area contributed by atoms with Gasteiger partial charge in [0.2, 0.25) is 0 Å². The van der Waals surface area contributed by atoms with E-state index in [2.05, 4.69) is 381 Å². The molecule has 17 aromatic rings. The van der Waals surface area contributed by atoms with E-state index in [1.54, 1.807) is 0 Å². The van der Waals surface area contributed by atoms with Crippen LogP contribution in [0.2, 0.25) is 0 Å². The summed E-state index contributed by atoms with van der Waals surface area (Å²) in [6, 6.07) is 128. The first-order chi connectivity index (χ1) is 49.7. The van der Waals surface area contributed by atoms with Gasteiger partial charge in [-0.25, -0.2) is 0 Å². The van der Waals surface area contributed by atoms with Crippen molar-refractivity contribution in [1.82, 2.24) is 9.13 Å². The Balaban J connectivity index is 0.832. The molecule has 0 amide bonds. The summed E-state index contributed by atoms with van der Waals surface area (Å²) in [6.45, 7) is -0.426. The lowest BCUT2D eigenvalue weighted by molar-refractivity contribution is 0.487. The Labute approximate surface area is 579 Å². The number of benzene rings is 15. The van der Waals surface area contributed by atoms with Crippen LogP contribution < -0.4 is 61.9 Å². The van der Waals surface area contributed by atoms with Gasteiger partial charge in [0.15, 0.2) is 11.5 Å². The second-order valence-electron chi connectivity index (χ2n) is 26.3. The van der Waals surface area contributed by atoms with Crippen LogP contribution >= 0.6 is 0 Å². The van der Waals surface area contributed by atoms with E-state index in [4.69, 9.17) is 9.47 Å². The molecule has 0 unspecified atom stereocenters. The minimum atomic E-state index is -0.213.